The molecule has 0 saturated heterocycles. The lowest BCUT2D eigenvalue weighted by molar-refractivity contribution is -0.274. The summed E-state index contributed by atoms with van der Waals surface area (Å²) in [5.74, 6) is -0.756. The number of nitrogen functional groups attached to an aromatic ring is 1. The van der Waals surface area contributed by atoms with E-state index in [1.807, 2.05) is 6.07 Å². The van der Waals surface area contributed by atoms with Gasteiger partial charge in [-0.1, -0.05) is 12.1 Å². The second kappa shape index (κ2) is 8.27. The first kappa shape index (κ1) is 19.8. The average Bonchev–Trinajstić information content (AvgIpc) is 2.55. The molecule has 10 heteroatoms. The van der Waals surface area contributed by atoms with Crippen LogP contribution in [0.4, 0.5) is 24.7 Å². The average molecular weight is 380 g/mol. The number of nitrogens with one attached hydrogen (secondary N) is 1. The van der Waals surface area contributed by atoms with E-state index < -0.39 is 12.3 Å². The van der Waals surface area contributed by atoms with Crippen molar-refractivity contribution in [3.8, 4) is 17.7 Å². The van der Waals surface area contributed by atoms with Crippen molar-refractivity contribution in [3.63, 3.8) is 0 Å². The summed E-state index contributed by atoms with van der Waals surface area (Å²) in [5.41, 5.74) is 6.39. The van der Waals surface area contributed by atoms with Crippen molar-refractivity contribution in [1.29, 1.82) is 5.26 Å². The molecule has 0 fully saturated rings. The van der Waals surface area contributed by atoms with Crippen LogP contribution in [0.25, 0.3) is 0 Å². The Hall–Kier alpha value is -3.48. The van der Waals surface area contributed by atoms with E-state index in [0.29, 0.717) is 5.56 Å². The lowest BCUT2D eigenvalue weighted by atomic mass is 10.1. The molecular weight excluding hydrogens is 365 g/mol. The fourth-order valence-electron chi connectivity index (χ4n) is 2.14. The first-order chi connectivity index (χ1) is 12.7. The van der Waals surface area contributed by atoms with Crippen LogP contribution in [0, 0.1) is 11.3 Å². The van der Waals surface area contributed by atoms with Crippen LogP contribution in [-0.4, -0.2) is 23.9 Å². The van der Waals surface area contributed by atoms with E-state index >= 15 is 0 Å². The van der Waals surface area contributed by atoms with Crippen LogP contribution in [0.3, 0.4) is 0 Å². The molecule has 0 aliphatic heterocycles. The Kier molecular flexibility index (Phi) is 6.07. The molecule has 1 aromatic carbocycles. The summed E-state index contributed by atoms with van der Waals surface area (Å²) in [6, 6.07) is 8.10. The highest BCUT2D eigenvalue weighted by molar-refractivity contribution is 5.92. The number of halogens is 3. The van der Waals surface area contributed by atoms with Crippen molar-refractivity contribution in [3.05, 3.63) is 41.5 Å². The Labute approximate surface area is 152 Å². The van der Waals surface area contributed by atoms with Gasteiger partial charge in [0.15, 0.2) is 0 Å². The van der Waals surface area contributed by atoms with E-state index in [9.17, 15) is 18.0 Å². The van der Waals surface area contributed by atoms with Gasteiger partial charge in [-0.05, 0) is 24.6 Å². The molecule has 2 rings (SSSR count). The number of nitrogens with two attached hydrogens (primary N) is 1. The number of amides is 1. The number of anilines is 2. The van der Waals surface area contributed by atoms with Gasteiger partial charge in [-0.3, -0.25) is 4.79 Å². The maximum Gasteiger partial charge on any atom is 0.573 e. The van der Waals surface area contributed by atoms with Crippen LogP contribution in [0.1, 0.15) is 18.1 Å². The minimum atomic E-state index is -4.78. The van der Waals surface area contributed by atoms with Crippen molar-refractivity contribution in [2.45, 2.75) is 19.7 Å². The number of nitriles is 1. The van der Waals surface area contributed by atoms with Crippen LogP contribution in [-0.2, 0) is 11.2 Å². The number of pyridine rings is 1. The van der Waals surface area contributed by atoms with Crippen molar-refractivity contribution in [2.24, 2.45) is 0 Å². The molecule has 0 atom stereocenters. The molecule has 142 valence electrons. The van der Waals surface area contributed by atoms with Gasteiger partial charge in [-0.25, -0.2) is 0 Å². The molecule has 0 bridgehead atoms. The largest absolute Gasteiger partial charge is 0.573 e. The Bertz CT molecular complexity index is 861. The first-order valence-corrected chi connectivity index (χ1v) is 7.69. The van der Waals surface area contributed by atoms with Crippen molar-refractivity contribution >= 4 is 17.4 Å². The smallest absolute Gasteiger partial charge is 0.477 e. The third-order valence-corrected chi connectivity index (χ3v) is 3.20. The van der Waals surface area contributed by atoms with E-state index in [4.69, 9.17) is 15.7 Å². The Morgan fingerprint density at radius 2 is 2.00 bits per heavy atom. The second-order valence-corrected chi connectivity index (χ2v) is 5.24. The summed E-state index contributed by atoms with van der Waals surface area (Å²) in [6.07, 6.45) is -4.89. The normalized spacial score (nSPS) is 10.8. The number of ether oxygens (including phenoxy) is 2. The molecule has 0 unspecified atom stereocenters. The number of rotatable bonds is 6. The molecule has 0 aliphatic carbocycles. The van der Waals surface area contributed by atoms with Gasteiger partial charge in [-0.15, -0.1) is 13.2 Å². The number of benzene rings is 1. The van der Waals surface area contributed by atoms with Gasteiger partial charge >= 0.3 is 6.36 Å². The summed E-state index contributed by atoms with van der Waals surface area (Å²) < 4.78 is 45.4. The quantitative estimate of drug-likeness (QED) is 0.797. The fraction of sp³-hybridized carbons (Fsp3) is 0.235. The molecule has 27 heavy (non-hydrogen) atoms. The topological polar surface area (TPSA) is 110 Å². The number of carbonyl (C=O) groups excluding carboxylic acids is 1. The Morgan fingerprint density at radius 1 is 1.33 bits per heavy atom. The minimum absolute atomic E-state index is 0.00366. The van der Waals surface area contributed by atoms with E-state index in [-0.39, 0.29) is 41.7 Å². The number of alkyl halides is 3. The fourth-order valence-corrected chi connectivity index (χ4v) is 2.14. The molecule has 2 aromatic rings. The Morgan fingerprint density at radius 3 is 2.56 bits per heavy atom. The lowest BCUT2D eigenvalue weighted by Gasteiger charge is -2.11. The van der Waals surface area contributed by atoms with Gasteiger partial charge < -0.3 is 20.5 Å². The van der Waals surface area contributed by atoms with Gasteiger partial charge in [0.1, 0.15) is 23.2 Å². The molecule has 3 N–H and O–H groups in total. The summed E-state index contributed by atoms with van der Waals surface area (Å²) in [7, 11) is 0. The molecule has 0 radical (unpaired) electrons. The van der Waals surface area contributed by atoms with Gasteiger partial charge in [0.2, 0.25) is 11.8 Å². The summed E-state index contributed by atoms with van der Waals surface area (Å²) in [5, 5.41) is 11.6. The number of aromatic nitrogens is 1. The maximum absolute atomic E-state index is 12.1. The van der Waals surface area contributed by atoms with Gasteiger partial charge in [0.05, 0.1) is 18.7 Å². The Balaban J connectivity index is 2.06. The molecular formula is C17H15F3N4O3. The van der Waals surface area contributed by atoms with E-state index in [1.165, 1.54) is 18.2 Å². The van der Waals surface area contributed by atoms with Gasteiger partial charge in [0.25, 0.3) is 0 Å². The standard InChI is InChI=1S/C17H15F3N4O3/c1-2-26-16-12(9-21)13(22)8-14(24-16)23-15(25)7-10-3-5-11(6-4-10)27-17(18,19)20/h3-6,8H,2,7H2,1H3,(H3,22,23,24,25). The molecule has 1 aromatic heterocycles. The van der Waals surface area contributed by atoms with E-state index in [0.717, 1.165) is 12.1 Å². The molecule has 0 aliphatic rings. The van der Waals surface area contributed by atoms with Crippen LogP contribution in [0.15, 0.2) is 30.3 Å². The van der Waals surface area contributed by atoms with Gasteiger partial charge in [0, 0.05) is 6.07 Å². The van der Waals surface area contributed by atoms with Crippen molar-refractivity contribution < 1.29 is 27.4 Å². The van der Waals surface area contributed by atoms with Crippen LogP contribution >= 0.6 is 0 Å². The third-order valence-electron chi connectivity index (χ3n) is 3.20. The SMILES string of the molecule is CCOc1nc(NC(=O)Cc2ccc(OC(F)(F)F)cc2)cc(N)c1C#N. The molecule has 1 amide bonds. The zero-order valence-electron chi connectivity index (χ0n) is 14.1. The van der Waals surface area contributed by atoms with Gasteiger partial charge in [-0.2, -0.15) is 10.2 Å². The van der Waals surface area contributed by atoms with Crippen molar-refractivity contribution in [1.82, 2.24) is 4.98 Å². The van der Waals surface area contributed by atoms with Crippen molar-refractivity contribution in [2.75, 3.05) is 17.7 Å². The zero-order chi connectivity index (χ0) is 20.0. The number of hydrogen-bond donors (Lipinski definition) is 2. The summed E-state index contributed by atoms with van der Waals surface area (Å²) in [4.78, 5) is 16.1. The number of carbonyl (C=O) groups is 1. The third kappa shape index (κ3) is 5.78. The van der Waals surface area contributed by atoms with Crippen LogP contribution in [0.5, 0.6) is 11.6 Å². The molecule has 7 nitrogen and oxygen atoms in total. The number of hydrogen-bond acceptors (Lipinski definition) is 6. The van der Waals surface area contributed by atoms with Crippen LogP contribution in [0.2, 0.25) is 0 Å². The van der Waals surface area contributed by atoms with E-state index in [2.05, 4.69) is 15.0 Å². The summed E-state index contributed by atoms with van der Waals surface area (Å²) >= 11 is 0. The summed E-state index contributed by atoms with van der Waals surface area (Å²) in [6.45, 7) is 1.96. The van der Waals surface area contributed by atoms with E-state index in [1.54, 1.807) is 6.92 Å². The minimum Gasteiger partial charge on any atom is -0.477 e. The molecule has 1 heterocycles. The predicted molar refractivity (Wildman–Crippen MR) is 90.0 cm³/mol. The first-order valence-electron chi connectivity index (χ1n) is 7.69. The van der Waals surface area contributed by atoms with Crippen LogP contribution < -0.4 is 20.5 Å². The monoisotopic (exact) mass is 380 g/mol. The highest BCUT2D eigenvalue weighted by atomic mass is 19.4. The second-order valence-electron chi connectivity index (χ2n) is 5.24. The maximum atomic E-state index is 12.1. The zero-order valence-corrected chi connectivity index (χ0v) is 14.1. The predicted octanol–water partition coefficient (Wildman–Crippen LogP) is 3.01. The number of nitrogens with zero attached hydrogens (tertiary/aromatic N) is 2. The molecule has 0 spiro atoms. The molecule has 0 saturated carbocycles. The highest BCUT2D eigenvalue weighted by Crippen LogP contribution is 2.25. The highest BCUT2D eigenvalue weighted by Gasteiger charge is 2.30. The lowest BCUT2D eigenvalue weighted by Crippen LogP contribution is -2.17.